The Labute approximate surface area is 154 Å². The second kappa shape index (κ2) is 7.88. The number of aromatic carboxylic acids is 2. The molecule has 1 heterocycles. The fourth-order valence-corrected chi connectivity index (χ4v) is 3.50. The van der Waals surface area contributed by atoms with E-state index < -0.39 is 17.6 Å². The molecule has 0 saturated carbocycles. The molecule has 1 aromatic heterocycles. The van der Waals surface area contributed by atoms with Gasteiger partial charge in [-0.05, 0) is 11.1 Å². The number of hydrogen-bond donors (Lipinski definition) is 2. The highest BCUT2D eigenvalue weighted by molar-refractivity contribution is 7.98. The Balaban J connectivity index is 1.99. The summed E-state index contributed by atoms with van der Waals surface area (Å²) in [5, 5.41) is 19.3. The highest BCUT2D eigenvalue weighted by Crippen LogP contribution is 2.26. The number of hydrogen-bond acceptors (Lipinski definition) is 4. The van der Waals surface area contributed by atoms with Gasteiger partial charge in [0.15, 0.2) is 16.5 Å². The van der Waals surface area contributed by atoms with Crippen molar-refractivity contribution in [1.29, 1.82) is 0 Å². The Hall–Kier alpha value is -3.06. The molecule has 0 atom stereocenters. The zero-order chi connectivity index (χ0) is 18.5. The van der Waals surface area contributed by atoms with Crippen LogP contribution in [0.3, 0.4) is 0 Å². The maximum absolute atomic E-state index is 11.7. The van der Waals surface area contributed by atoms with Gasteiger partial charge < -0.3 is 14.8 Å². The lowest BCUT2D eigenvalue weighted by Crippen LogP contribution is -2.14. The monoisotopic (exact) mass is 368 g/mol. The van der Waals surface area contributed by atoms with Crippen LogP contribution < -0.4 is 0 Å². The number of benzene rings is 2. The van der Waals surface area contributed by atoms with Crippen molar-refractivity contribution in [3.8, 4) is 0 Å². The number of thioether (sulfide) groups is 1. The first-order valence-corrected chi connectivity index (χ1v) is 8.82. The molecule has 0 aliphatic heterocycles. The van der Waals surface area contributed by atoms with Crippen LogP contribution in [0.2, 0.25) is 0 Å². The molecule has 0 saturated heterocycles. The first kappa shape index (κ1) is 17.8. The number of carboxylic acids is 2. The minimum absolute atomic E-state index is 0.236. The summed E-state index contributed by atoms with van der Waals surface area (Å²) in [4.78, 5) is 27.2. The highest BCUT2D eigenvalue weighted by atomic mass is 32.2. The lowest BCUT2D eigenvalue weighted by molar-refractivity contribution is 0.0640. The molecular weight excluding hydrogens is 352 g/mol. The zero-order valence-electron chi connectivity index (χ0n) is 13.7. The molecule has 0 aliphatic carbocycles. The smallest absolute Gasteiger partial charge is 0.357 e. The third-order valence-corrected chi connectivity index (χ3v) is 4.78. The van der Waals surface area contributed by atoms with E-state index in [-0.39, 0.29) is 12.2 Å². The molecule has 0 amide bonds. The van der Waals surface area contributed by atoms with Crippen molar-refractivity contribution in [2.24, 2.45) is 0 Å². The van der Waals surface area contributed by atoms with Crippen molar-refractivity contribution in [1.82, 2.24) is 9.55 Å². The molecular formula is C19H16N2O4S. The maximum Gasteiger partial charge on any atom is 0.357 e. The number of rotatable bonds is 7. The van der Waals surface area contributed by atoms with Crippen LogP contribution in [0, 0.1) is 0 Å². The number of imidazole rings is 1. The van der Waals surface area contributed by atoms with Crippen molar-refractivity contribution in [3.63, 3.8) is 0 Å². The summed E-state index contributed by atoms with van der Waals surface area (Å²) in [6.07, 6.45) is 0. The van der Waals surface area contributed by atoms with Gasteiger partial charge in [0.1, 0.15) is 0 Å². The van der Waals surface area contributed by atoms with Crippen LogP contribution in [0.5, 0.6) is 0 Å². The highest BCUT2D eigenvalue weighted by Gasteiger charge is 2.27. The first-order valence-electron chi connectivity index (χ1n) is 7.84. The second-order valence-corrected chi connectivity index (χ2v) is 6.49. The van der Waals surface area contributed by atoms with Gasteiger partial charge in [0.05, 0.1) is 6.54 Å². The lowest BCUT2D eigenvalue weighted by Gasteiger charge is -2.10. The Bertz CT molecular complexity index is 923. The number of carboxylic acid groups (broad SMARTS) is 2. The van der Waals surface area contributed by atoms with E-state index in [1.54, 1.807) is 0 Å². The molecule has 0 fully saturated rings. The summed E-state index contributed by atoms with van der Waals surface area (Å²) in [5.41, 5.74) is 1.16. The average Bonchev–Trinajstić information content (AvgIpc) is 3.00. The number of carbonyl (C=O) groups is 2. The van der Waals surface area contributed by atoms with Gasteiger partial charge in [-0.2, -0.15) is 0 Å². The summed E-state index contributed by atoms with van der Waals surface area (Å²) in [7, 11) is 0. The Kier molecular flexibility index (Phi) is 5.38. The van der Waals surface area contributed by atoms with Gasteiger partial charge in [0, 0.05) is 5.75 Å². The van der Waals surface area contributed by atoms with Gasteiger partial charge in [-0.1, -0.05) is 72.4 Å². The standard InChI is InChI=1S/C19H16N2O4S/c22-17(23)15-16(18(24)25)21(11-13-7-3-1-4-8-13)19(20-15)26-12-14-9-5-2-6-10-14/h1-10H,11-12H2,(H,22,23)(H,24,25). The first-order chi connectivity index (χ1) is 12.6. The van der Waals surface area contributed by atoms with E-state index >= 15 is 0 Å². The van der Waals surface area contributed by atoms with E-state index in [2.05, 4.69) is 4.98 Å². The van der Waals surface area contributed by atoms with E-state index in [1.807, 2.05) is 60.7 Å². The van der Waals surface area contributed by atoms with Gasteiger partial charge in [-0.15, -0.1) is 0 Å². The lowest BCUT2D eigenvalue weighted by atomic mass is 10.2. The van der Waals surface area contributed by atoms with E-state index in [0.29, 0.717) is 10.9 Å². The van der Waals surface area contributed by atoms with E-state index in [4.69, 9.17) is 0 Å². The number of nitrogens with zero attached hydrogens (tertiary/aromatic N) is 2. The summed E-state index contributed by atoms with van der Waals surface area (Å²) in [6.45, 7) is 0.236. The van der Waals surface area contributed by atoms with Crippen LogP contribution in [0.25, 0.3) is 0 Å². The molecule has 3 rings (SSSR count). The van der Waals surface area contributed by atoms with Crippen LogP contribution in [0.15, 0.2) is 65.8 Å². The van der Waals surface area contributed by atoms with Crippen LogP contribution in [-0.4, -0.2) is 31.7 Å². The Morgan fingerprint density at radius 1 is 0.885 bits per heavy atom. The fraction of sp³-hybridized carbons (Fsp3) is 0.105. The third kappa shape index (κ3) is 3.94. The third-order valence-electron chi connectivity index (χ3n) is 3.73. The predicted molar refractivity (Wildman–Crippen MR) is 97.7 cm³/mol. The predicted octanol–water partition coefficient (Wildman–Crippen LogP) is 3.62. The topological polar surface area (TPSA) is 92.4 Å². The van der Waals surface area contributed by atoms with E-state index in [0.717, 1.165) is 11.1 Å². The minimum atomic E-state index is -1.35. The molecule has 26 heavy (non-hydrogen) atoms. The molecule has 0 bridgehead atoms. The molecule has 7 heteroatoms. The van der Waals surface area contributed by atoms with Gasteiger partial charge in [-0.25, -0.2) is 14.6 Å². The van der Waals surface area contributed by atoms with Crippen molar-refractivity contribution in [2.45, 2.75) is 17.5 Å². The second-order valence-electron chi connectivity index (χ2n) is 5.55. The Morgan fingerprint density at radius 3 is 2.00 bits per heavy atom. The maximum atomic E-state index is 11.7. The molecule has 6 nitrogen and oxygen atoms in total. The molecule has 3 aromatic rings. The quantitative estimate of drug-likeness (QED) is 0.619. The summed E-state index contributed by atoms with van der Waals surface area (Å²) in [5.74, 6) is -2.10. The molecule has 2 N–H and O–H groups in total. The van der Waals surface area contributed by atoms with Crippen molar-refractivity contribution < 1.29 is 19.8 Å². The average molecular weight is 368 g/mol. The van der Waals surface area contributed by atoms with Crippen LogP contribution in [-0.2, 0) is 12.3 Å². The molecule has 0 spiro atoms. The fourth-order valence-electron chi connectivity index (χ4n) is 2.54. The van der Waals surface area contributed by atoms with Crippen molar-refractivity contribution in [2.75, 3.05) is 0 Å². The zero-order valence-corrected chi connectivity index (χ0v) is 14.5. The molecule has 132 valence electrons. The summed E-state index contributed by atoms with van der Waals surface area (Å²) >= 11 is 1.31. The largest absolute Gasteiger partial charge is 0.476 e. The minimum Gasteiger partial charge on any atom is -0.476 e. The van der Waals surface area contributed by atoms with Gasteiger partial charge in [-0.3, -0.25) is 0 Å². The molecule has 2 aromatic carbocycles. The normalized spacial score (nSPS) is 10.6. The van der Waals surface area contributed by atoms with Gasteiger partial charge in [0.2, 0.25) is 0 Å². The SMILES string of the molecule is O=C(O)c1nc(SCc2ccccc2)n(Cc2ccccc2)c1C(=O)O. The Morgan fingerprint density at radius 2 is 1.46 bits per heavy atom. The van der Waals surface area contributed by atoms with Crippen LogP contribution in [0.1, 0.15) is 32.1 Å². The molecule has 0 aliphatic rings. The van der Waals surface area contributed by atoms with Gasteiger partial charge in [0.25, 0.3) is 0 Å². The molecule has 0 radical (unpaired) electrons. The molecule has 0 unspecified atom stereocenters. The van der Waals surface area contributed by atoms with Crippen molar-refractivity contribution >= 4 is 23.7 Å². The van der Waals surface area contributed by atoms with Gasteiger partial charge >= 0.3 is 11.9 Å². The van der Waals surface area contributed by atoms with Crippen LogP contribution in [0.4, 0.5) is 0 Å². The van der Waals surface area contributed by atoms with E-state index in [1.165, 1.54) is 16.3 Å². The number of aromatic nitrogens is 2. The van der Waals surface area contributed by atoms with Crippen molar-refractivity contribution in [3.05, 3.63) is 83.2 Å². The van der Waals surface area contributed by atoms with E-state index in [9.17, 15) is 19.8 Å². The summed E-state index contributed by atoms with van der Waals surface area (Å²) in [6, 6.07) is 18.9. The van der Waals surface area contributed by atoms with Crippen LogP contribution >= 0.6 is 11.8 Å². The summed E-state index contributed by atoms with van der Waals surface area (Å²) < 4.78 is 1.45.